The first-order valence-corrected chi connectivity index (χ1v) is 26.6. The minimum atomic E-state index is -1.68. The maximum atomic E-state index is 15.4. The van der Waals surface area contributed by atoms with E-state index in [2.05, 4.69) is 26.6 Å². The van der Waals surface area contributed by atoms with Crippen LogP contribution in [0.2, 0.25) is 0 Å². The van der Waals surface area contributed by atoms with E-state index in [1.54, 1.807) is 17.2 Å². The second-order valence-electron chi connectivity index (χ2n) is 19.9. The Morgan fingerprint density at radius 1 is 0.775 bits per heavy atom. The van der Waals surface area contributed by atoms with Gasteiger partial charge in [-0.3, -0.25) is 47.9 Å². The number of nitrogens with two attached hydrogens (primary N) is 1. The van der Waals surface area contributed by atoms with Crippen LogP contribution in [-0.4, -0.2) is 145 Å². The van der Waals surface area contributed by atoms with Crippen molar-refractivity contribution in [1.82, 2.24) is 41.1 Å². The largest absolute Gasteiger partial charge is 0.481 e. The lowest BCUT2D eigenvalue weighted by molar-refractivity contribution is -0.197. The number of halogens is 2. The first kappa shape index (κ1) is 64.3. The fourth-order valence-electron chi connectivity index (χ4n) is 8.33. The molecule has 2 heterocycles. The number of hydroxylamine groups is 2. The minimum absolute atomic E-state index is 0.0113. The molecule has 4 rings (SSSR count). The maximum Gasteiger partial charge on any atom is 0.333 e. The third kappa shape index (κ3) is 20.2. The smallest absolute Gasteiger partial charge is 0.333 e. The van der Waals surface area contributed by atoms with Gasteiger partial charge < -0.3 is 56.8 Å². The molecule has 0 unspecified atom stereocenters. The Bertz CT molecular complexity index is 2780. The molecule has 1 aromatic heterocycles. The zero-order chi connectivity index (χ0) is 59.4. The number of imide groups is 1. The second-order valence-corrected chi connectivity index (χ2v) is 21.0. The average molecular weight is 1140 g/mol. The van der Waals surface area contributed by atoms with Crippen LogP contribution >= 0.6 is 11.8 Å². The molecule has 434 valence electrons. The zero-order valence-electron chi connectivity index (χ0n) is 44.8. The first-order valence-electron chi connectivity index (χ1n) is 25.5. The number of aliphatic carboxylic acids is 2. The fourth-order valence-corrected chi connectivity index (χ4v) is 9.15. The second kappa shape index (κ2) is 30.2. The van der Waals surface area contributed by atoms with Crippen molar-refractivity contribution in [3.8, 4) is 11.1 Å². The Morgan fingerprint density at radius 2 is 1.41 bits per heavy atom. The number of rotatable bonds is 31. The van der Waals surface area contributed by atoms with Crippen molar-refractivity contribution in [2.45, 2.75) is 129 Å². The summed E-state index contributed by atoms with van der Waals surface area (Å²) in [5.74, 6) is -12.2. The highest BCUT2D eigenvalue weighted by Gasteiger charge is 2.38. The highest BCUT2D eigenvalue weighted by molar-refractivity contribution is 7.99. The number of aromatic nitrogens is 1. The van der Waals surface area contributed by atoms with Gasteiger partial charge in [0.25, 0.3) is 11.8 Å². The summed E-state index contributed by atoms with van der Waals surface area (Å²) in [5.41, 5.74) is 6.29. The van der Waals surface area contributed by atoms with Crippen molar-refractivity contribution in [1.29, 1.82) is 0 Å². The Kier molecular flexibility index (Phi) is 24.3. The van der Waals surface area contributed by atoms with Crippen molar-refractivity contribution >= 4 is 82.8 Å². The van der Waals surface area contributed by atoms with Crippen LogP contribution in [0.5, 0.6) is 0 Å². The molecule has 9 N–H and O–H groups in total. The quantitative estimate of drug-likeness (QED) is 0.0338. The molecule has 0 spiro atoms. The molecule has 3 aromatic rings. The van der Waals surface area contributed by atoms with E-state index in [9.17, 15) is 67.0 Å². The predicted molar refractivity (Wildman–Crippen MR) is 283 cm³/mol. The zero-order valence-corrected chi connectivity index (χ0v) is 45.7. The fraction of sp³-hybridized carbons (Fsp3) is 0.472. The molecule has 24 nitrogen and oxygen atoms in total. The number of carboxylic acids is 2. The van der Waals surface area contributed by atoms with E-state index in [0.29, 0.717) is 16.3 Å². The van der Waals surface area contributed by atoms with Crippen molar-refractivity contribution in [3.05, 3.63) is 83.7 Å². The van der Waals surface area contributed by atoms with Gasteiger partial charge in [0, 0.05) is 80.5 Å². The third-order valence-corrected chi connectivity index (χ3v) is 13.2. The van der Waals surface area contributed by atoms with Crippen LogP contribution in [0.4, 0.5) is 8.78 Å². The van der Waals surface area contributed by atoms with Crippen LogP contribution in [0.3, 0.4) is 0 Å². The number of hydrogen-bond donors (Lipinski definition) is 8. The van der Waals surface area contributed by atoms with Crippen molar-refractivity contribution in [2.75, 3.05) is 24.6 Å². The monoisotopic (exact) mass is 1140 g/mol. The number of hydrogen-bond acceptors (Lipinski definition) is 14. The molecule has 27 heteroatoms. The van der Waals surface area contributed by atoms with Gasteiger partial charge in [0.15, 0.2) is 0 Å². The molecular formula is C53H67F2N9O15S. The highest BCUT2D eigenvalue weighted by atomic mass is 32.2. The summed E-state index contributed by atoms with van der Waals surface area (Å²) in [6, 6.07) is 7.39. The molecule has 2 aromatic carbocycles. The minimum Gasteiger partial charge on any atom is -0.481 e. The highest BCUT2D eigenvalue weighted by Crippen LogP contribution is 2.41. The Morgan fingerprint density at radius 3 is 2.04 bits per heavy atom. The summed E-state index contributed by atoms with van der Waals surface area (Å²) < 4.78 is 31.9. The van der Waals surface area contributed by atoms with Crippen LogP contribution in [0.25, 0.3) is 11.1 Å². The first-order chi connectivity index (χ1) is 37.6. The summed E-state index contributed by atoms with van der Waals surface area (Å²) in [7, 11) is 0. The van der Waals surface area contributed by atoms with Crippen LogP contribution in [0.1, 0.15) is 110 Å². The standard InChI is InChI=1S/C53H67F2N9O15S/c1-30(58-41(66)13-9-14-47(73)79-64-43(68)17-18-44(64)69)49(74)59-31(2)50(75)61-37(25-40(56)65)51(76)57-20-10-21-63(45(70)29-80-22-19-42(67)60-38(52(77)78)26-46(71)72)48(53(3,4)5)39-23-33(35-24-34(54)15-16-36(35)55)28-62(39)27-32-11-7-6-8-12-32/h6-8,11-12,15-16,23-24,28,30-31,37-38,48H,9-10,13-14,17-22,25-27,29H2,1-5H3,(H2,56,65)(H,57,76)(H,58,66)(H,59,74)(H,60,67)(H,61,75)(H,71,72)(H,77,78)/t30-,31+,37-,38+,48-/m0/s1. The van der Waals surface area contributed by atoms with E-state index in [4.69, 9.17) is 15.7 Å². The predicted octanol–water partition coefficient (Wildman–Crippen LogP) is 2.22. The van der Waals surface area contributed by atoms with E-state index in [-0.39, 0.29) is 81.6 Å². The van der Waals surface area contributed by atoms with Gasteiger partial charge in [0.2, 0.25) is 41.4 Å². The van der Waals surface area contributed by atoms with Crippen LogP contribution < -0.4 is 32.3 Å². The van der Waals surface area contributed by atoms with Gasteiger partial charge in [-0.05, 0) is 61.9 Å². The van der Waals surface area contributed by atoms with Crippen molar-refractivity contribution < 1.29 is 81.4 Å². The molecule has 0 radical (unpaired) electrons. The Balaban J connectivity index is 1.48. The molecule has 1 fully saturated rings. The number of primary amides is 1. The number of nitrogens with one attached hydrogen (secondary N) is 5. The molecule has 0 aliphatic carbocycles. The van der Waals surface area contributed by atoms with Gasteiger partial charge in [-0.1, -0.05) is 51.1 Å². The number of benzene rings is 2. The summed E-state index contributed by atoms with van der Waals surface area (Å²) in [6.45, 7) is 8.23. The molecule has 1 aliphatic rings. The number of carbonyl (C=O) groups is 12. The lowest BCUT2D eigenvalue weighted by Crippen LogP contribution is -2.56. The average Bonchev–Trinajstić information content (AvgIpc) is 3.95. The van der Waals surface area contributed by atoms with E-state index in [0.717, 1.165) is 35.5 Å². The molecule has 1 saturated heterocycles. The van der Waals surface area contributed by atoms with E-state index in [1.165, 1.54) is 13.8 Å². The molecular weight excluding hydrogens is 1070 g/mol. The molecule has 1 aliphatic heterocycles. The normalized spacial score (nSPS) is 14.2. The van der Waals surface area contributed by atoms with Gasteiger partial charge in [0.1, 0.15) is 35.8 Å². The van der Waals surface area contributed by atoms with Crippen LogP contribution in [0, 0.1) is 17.0 Å². The summed E-state index contributed by atoms with van der Waals surface area (Å²) in [4.78, 5) is 156. The summed E-state index contributed by atoms with van der Waals surface area (Å²) >= 11 is 1.04. The Hall–Kier alpha value is -8.23. The molecule has 0 saturated carbocycles. The molecule has 80 heavy (non-hydrogen) atoms. The van der Waals surface area contributed by atoms with E-state index in [1.807, 2.05) is 55.7 Å². The number of carbonyl (C=O) groups excluding carboxylic acids is 10. The summed E-state index contributed by atoms with van der Waals surface area (Å²) in [6.07, 6.45) is -0.887. The Labute approximate surface area is 463 Å². The number of nitrogens with zero attached hydrogens (tertiary/aromatic N) is 3. The topological polar surface area (TPSA) is 352 Å². The summed E-state index contributed by atoms with van der Waals surface area (Å²) in [5, 5.41) is 30.8. The van der Waals surface area contributed by atoms with Gasteiger partial charge in [0.05, 0.1) is 24.6 Å². The number of carboxylic acid groups (broad SMARTS) is 2. The van der Waals surface area contributed by atoms with Gasteiger partial charge in [-0.2, -0.15) is 11.8 Å². The van der Waals surface area contributed by atoms with Crippen molar-refractivity contribution in [2.24, 2.45) is 11.1 Å². The van der Waals surface area contributed by atoms with E-state index < -0.39 is 131 Å². The van der Waals surface area contributed by atoms with Crippen LogP contribution in [-0.2, 0) is 68.9 Å². The third-order valence-electron chi connectivity index (χ3n) is 12.2. The lowest BCUT2D eigenvalue weighted by Gasteiger charge is -2.41. The SMILES string of the molecule is C[C@H](NC(=O)CCCC(=O)ON1C(=O)CCC1=O)C(=O)N[C@H](C)C(=O)N[C@@H](CC(N)=O)C(=O)NCCCN(C(=O)CSCCC(=O)N[C@H](CC(=O)O)C(=O)O)[C@@H](c1cc(-c2cc(F)ccc2F)cn1Cc1ccccc1)C(C)(C)C. The van der Waals surface area contributed by atoms with Gasteiger partial charge in [-0.15, -0.1) is 5.06 Å². The maximum absolute atomic E-state index is 15.4. The van der Waals surface area contributed by atoms with Gasteiger partial charge in [-0.25, -0.2) is 18.4 Å². The molecule has 5 atom stereocenters. The number of amides is 9. The lowest BCUT2D eigenvalue weighted by atomic mass is 9.83. The number of thioether (sulfide) groups is 1. The van der Waals surface area contributed by atoms with Crippen molar-refractivity contribution in [3.63, 3.8) is 0 Å². The van der Waals surface area contributed by atoms with Crippen LogP contribution in [0.15, 0.2) is 60.8 Å². The molecule has 9 amide bonds. The van der Waals surface area contributed by atoms with Gasteiger partial charge >= 0.3 is 17.9 Å². The molecule has 0 bridgehead atoms. The van der Waals surface area contributed by atoms with E-state index >= 15 is 4.39 Å².